The first-order valence-electron chi connectivity index (χ1n) is 9.57. The molecule has 1 heterocycles. The van der Waals surface area contributed by atoms with E-state index in [0.29, 0.717) is 37.7 Å². The number of rotatable bonds is 7. The second kappa shape index (κ2) is 9.99. The molecule has 0 unspecified atom stereocenters. The maximum absolute atomic E-state index is 6.49. The molecule has 0 aliphatic carbocycles. The van der Waals surface area contributed by atoms with Gasteiger partial charge in [0.15, 0.2) is 17.3 Å². The largest absolute Gasteiger partial charge is 0.493 e. The number of aromatic amines is 1. The van der Waals surface area contributed by atoms with Crippen LogP contribution in [0.5, 0.6) is 11.5 Å². The van der Waals surface area contributed by atoms with Gasteiger partial charge in [-0.2, -0.15) is 14.9 Å². The van der Waals surface area contributed by atoms with Gasteiger partial charge in [0.1, 0.15) is 6.61 Å². The summed E-state index contributed by atoms with van der Waals surface area (Å²) in [5.74, 6) is 1.51. The van der Waals surface area contributed by atoms with Crippen molar-refractivity contribution < 1.29 is 9.47 Å². The number of halogens is 2. The highest BCUT2D eigenvalue weighted by atomic mass is 35.5. The molecule has 0 aliphatic heterocycles. The SMILES string of the molecule is COc1cc(/C=N/n2c(-c3ccccc3)n[nH]c2=S)cc(Cl)c1OCc1ccccc1Cl. The van der Waals surface area contributed by atoms with Gasteiger partial charge in [-0.3, -0.25) is 0 Å². The fraction of sp³-hybridized carbons (Fsp3) is 0.0870. The third kappa shape index (κ3) is 4.85. The number of nitrogens with zero attached hydrogens (tertiary/aromatic N) is 3. The van der Waals surface area contributed by atoms with Crippen molar-refractivity contribution in [1.29, 1.82) is 0 Å². The molecule has 6 nitrogen and oxygen atoms in total. The molecule has 9 heteroatoms. The van der Waals surface area contributed by atoms with Crippen LogP contribution in [0.4, 0.5) is 0 Å². The Labute approximate surface area is 200 Å². The van der Waals surface area contributed by atoms with Crippen LogP contribution < -0.4 is 9.47 Å². The third-order valence-corrected chi connectivity index (χ3v) is 5.50. The van der Waals surface area contributed by atoms with Gasteiger partial charge in [-0.25, -0.2) is 5.10 Å². The quantitative estimate of drug-likeness (QED) is 0.244. The van der Waals surface area contributed by atoms with E-state index in [4.69, 9.17) is 44.9 Å². The maximum Gasteiger partial charge on any atom is 0.216 e. The van der Waals surface area contributed by atoms with E-state index in [1.54, 1.807) is 30.1 Å². The lowest BCUT2D eigenvalue weighted by molar-refractivity contribution is 0.285. The van der Waals surface area contributed by atoms with Crippen molar-refractivity contribution in [3.63, 3.8) is 0 Å². The van der Waals surface area contributed by atoms with Crippen LogP contribution in [0.2, 0.25) is 10.0 Å². The molecule has 0 bridgehead atoms. The Morgan fingerprint density at radius 1 is 1.06 bits per heavy atom. The van der Waals surface area contributed by atoms with Crippen LogP contribution >= 0.6 is 35.4 Å². The molecule has 0 saturated carbocycles. The molecule has 0 atom stereocenters. The van der Waals surface area contributed by atoms with Gasteiger partial charge in [0.05, 0.1) is 18.3 Å². The zero-order valence-electron chi connectivity index (χ0n) is 17.0. The smallest absolute Gasteiger partial charge is 0.216 e. The molecule has 162 valence electrons. The predicted molar refractivity (Wildman–Crippen MR) is 130 cm³/mol. The Hall–Kier alpha value is -3.13. The molecule has 4 aromatic rings. The van der Waals surface area contributed by atoms with E-state index in [1.165, 1.54) is 0 Å². The van der Waals surface area contributed by atoms with E-state index >= 15 is 0 Å². The summed E-state index contributed by atoms with van der Waals surface area (Å²) in [6, 6.07) is 20.6. The van der Waals surface area contributed by atoms with Crippen molar-refractivity contribution in [2.45, 2.75) is 6.61 Å². The lowest BCUT2D eigenvalue weighted by Gasteiger charge is -2.14. The second-order valence-electron chi connectivity index (χ2n) is 6.69. The summed E-state index contributed by atoms with van der Waals surface area (Å²) < 4.78 is 13.3. The molecule has 4 rings (SSSR count). The van der Waals surface area contributed by atoms with Crippen LogP contribution in [-0.2, 0) is 6.61 Å². The molecule has 0 spiro atoms. The molecule has 1 N–H and O–H groups in total. The fourth-order valence-corrected chi connectivity index (χ4v) is 3.66. The number of aromatic nitrogens is 3. The van der Waals surface area contributed by atoms with Gasteiger partial charge < -0.3 is 9.47 Å². The van der Waals surface area contributed by atoms with Crippen LogP contribution in [0.1, 0.15) is 11.1 Å². The summed E-state index contributed by atoms with van der Waals surface area (Å²) >= 11 is 18.0. The first-order chi connectivity index (χ1) is 15.6. The zero-order chi connectivity index (χ0) is 22.5. The van der Waals surface area contributed by atoms with E-state index in [9.17, 15) is 0 Å². The predicted octanol–water partition coefficient (Wildman–Crippen LogP) is 6.38. The number of benzene rings is 3. The number of hydrogen-bond donors (Lipinski definition) is 1. The molecule has 32 heavy (non-hydrogen) atoms. The highest BCUT2D eigenvalue weighted by molar-refractivity contribution is 7.71. The summed E-state index contributed by atoms with van der Waals surface area (Å²) in [6.45, 7) is 0.258. The van der Waals surface area contributed by atoms with Crippen molar-refractivity contribution in [2.75, 3.05) is 7.11 Å². The zero-order valence-corrected chi connectivity index (χ0v) is 19.3. The molecule has 1 aromatic heterocycles. The molecule has 0 radical (unpaired) electrons. The molecular formula is C23H18Cl2N4O2S. The molecule has 3 aromatic carbocycles. The van der Waals surface area contributed by atoms with Gasteiger partial charge in [-0.15, -0.1) is 0 Å². The third-order valence-electron chi connectivity index (χ3n) is 4.59. The average molecular weight is 485 g/mol. The first-order valence-corrected chi connectivity index (χ1v) is 10.7. The van der Waals surface area contributed by atoms with E-state index in [1.807, 2.05) is 54.6 Å². The highest BCUT2D eigenvalue weighted by Gasteiger charge is 2.13. The minimum absolute atomic E-state index is 0.258. The van der Waals surface area contributed by atoms with Gasteiger partial charge in [-0.05, 0) is 36.0 Å². The Kier molecular flexibility index (Phi) is 6.90. The minimum atomic E-state index is 0.258. The molecular weight excluding hydrogens is 467 g/mol. The van der Waals surface area contributed by atoms with Crippen LogP contribution in [0.15, 0.2) is 71.8 Å². The molecule has 0 saturated heterocycles. The minimum Gasteiger partial charge on any atom is -0.493 e. The van der Waals surface area contributed by atoms with Gasteiger partial charge in [0.2, 0.25) is 4.77 Å². The summed E-state index contributed by atoms with van der Waals surface area (Å²) in [5.41, 5.74) is 2.44. The molecule has 0 fully saturated rings. The van der Waals surface area contributed by atoms with Gasteiger partial charge in [0, 0.05) is 16.1 Å². The Morgan fingerprint density at radius 2 is 1.81 bits per heavy atom. The monoisotopic (exact) mass is 484 g/mol. The lowest BCUT2D eigenvalue weighted by atomic mass is 10.2. The van der Waals surface area contributed by atoms with Gasteiger partial charge in [0.25, 0.3) is 0 Å². The van der Waals surface area contributed by atoms with Crippen molar-refractivity contribution in [3.05, 3.63) is 92.7 Å². The molecule has 0 amide bonds. The van der Waals surface area contributed by atoms with Crippen molar-refractivity contribution >= 4 is 41.6 Å². The van der Waals surface area contributed by atoms with Crippen LogP contribution in [0.25, 0.3) is 11.4 Å². The number of ether oxygens (including phenoxy) is 2. The Morgan fingerprint density at radius 3 is 2.56 bits per heavy atom. The normalized spacial score (nSPS) is 11.1. The summed E-state index contributed by atoms with van der Waals surface area (Å²) in [5, 5.41) is 12.5. The first kappa shape index (κ1) is 22.1. The van der Waals surface area contributed by atoms with Gasteiger partial charge >= 0.3 is 0 Å². The van der Waals surface area contributed by atoms with E-state index < -0.39 is 0 Å². The number of nitrogens with one attached hydrogen (secondary N) is 1. The van der Waals surface area contributed by atoms with Crippen molar-refractivity contribution in [1.82, 2.24) is 14.9 Å². The summed E-state index contributed by atoms with van der Waals surface area (Å²) in [7, 11) is 1.55. The van der Waals surface area contributed by atoms with E-state index in [2.05, 4.69) is 15.3 Å². The van der Waals surface area contributed by atoms with Crippen LogP contribution in [-0.4, -0.2) is 28.2 Å². The lowest BCUT2D eigenvalue weighted by Crippen LogP contribution is -2.00. The van der Waals surface area contributed by atoms with E-state index in [0.717, 1.165) is 11.1 Å². The van der Waals surface area contributed by atoms with Crippen molar-refractivity contribution in [2.24, 2.45) is 5.10 Å². The Bertz CT molecular complexity index is 1320. The topological polar surface area (TPSA) is 64.4 Å². The highest BCUT2D eigenvalue weighted by Crippen LogP contribution is 2.37. The number of methoxy groups -OCH3 is 1. The number of hydrogen-bond acceptors (Lipinski definition) is 5. The van der Waals surface area contributed by atoms with Crippen LogP contribution in [0.3, 0.4) is 0 Å². The summed E-state index contributed by atoms with van der Waals surface area (Å²) in [6.07, 6.45) is 1.63. The van der Waals surface area contributed by atoms with Gasteiger partial charge in [-0.1, -0.05) is 71.7 Å². The summed E-state index contributed by atoms with van der Waals surface area (Å²) in [4.78, 5) is 0. The average Bonchev–Trinajstić information content (AvgIpc) is 3.18. The standard InChI is InChI=1S/C23H18Cl2N4O2S/c1-30-20-12-15(11-19(25)21(20)31-14-17-9-5-6-10-18(17)24)13-26-29-22(27-28-23(29)32)16-7-3-2-4-8-16/h2-13H,14H2,1H3,(H,28,32)/b26-13+. The Balaban J connectivity index is 1.60. The van der Waals surface area contributed by atoms with Crippen molar-refractivity contribution in [3.8, 4) is 22.9 Å². The second-order valence-corrected chi connectivity index (χ2v) is 7.89. The fourth-order valence-electron chi connectivity index (χ4n) is 3.02. The maximum atomic E-state index is 6.49. The van der Waals surface area contributed by atoms with E-state index in [-0.39, 0.29) is 6.61 Å². The number of H-pyrrole nitrogens is 1. The van der Waals surface area contributed by atoms with Crippen LogP contribution in [0, 0.1) is 4.77 Å². The molecule has 0 aliphatic rings.